The average molecular weight is 149 g/mol. The van der Waals surface area contributed by atoms with E-state index in [1.807, 2.05) is 0 Å². The van der Waals surface area contributed by atoms with Gasteiger partial charge in [-0.05, 0) is 17.8 Å². The summed E-state index contributed by atoms with van der Waals surface area (Å²) in [6.45, 7) is 3.39. The van der Waals surface area contributed by atoms with Crippen molar-refractivity contribution in [3.8, 4) is 0 Å². The van der Waals surface area contributed by atoms with Gasteiger partial charge in [-0.2, -0.15) is 0 Å². The van der Waals surface area contributed by atoms with Crippen LogP contribution in [-0.4, -0.2) is 5.62 Å². The lowest BCUT2D eigenvalue weighted by Crippen LogP contribution is -1.59. The summed E-state index contributed by atoms with van der Waals surface area (Å²) >= 11 is 6.33. The average Bonchev–Trinajstić information content (AvgIpc) is 1.68. The molecule has 0 amide bonds. The van der Waals surface area contributed by atoms with Crippen LogP contribution in [0.4, 0.5) is 0 Å². The molecule has 0 bridgehead atoms. The van der Waals surface area contributed by atoms with Gasteiger partial charge in [0.15, 0.2) is 5.62 Å². The van der Waals surface area contributed by atoms with Crippen molar-refractivity contribution in [3.63, 3.8) is 0 Å². The van der Waals surface area contributed by atoms with Gasteiger partial charge < -0.3 is 0 Å². The van der Waals surface area contributed by atoms with Crippen LogP contribution in [0.15, 0.2) is 23.1 Å². The molecule has 0 fully saturated rings. The zero-order chi connectivity index (χ0) is 6.41. The normalized spacial score (nSPS) is 10.9. The molecule has 0 saturated heterocycles. The molecular weight excluding hydrogens is 144 g/mol. The molecule has 0 N–H and O–H groups in total. The van der Waals surface area contributed by atoms with Crippen LogP contribution in [-0.2, 0) is 4.79 Å². The second-order valence-corrected chi connectivity index (χ2v) is 2.42. The first-order valence-electron chi connectivity index (χ1n) is 1.89. The number of rotatable bonds is 3. The van der Waals surface area contributed by atoms with Gasteiger partial charge in [-0.15, -0.1) is 0 Å². The second-order valence-electron chi connectivity index (χ2n) is 0.921. The third-order valence-corrected chi connectivity index (χ3v) is 1.26. The molecule has 44 valence electrons. The van der Waals surface area contributed by atoms with Crippen molar-refractivity contribution in [1.29, 1.82) is 0 Å². The fourth-order valence-corrected chi connectivity index (χ4v) is 0.643. The number of halogens is 1. The molecular formula is C5H5ClOS. The Morgan fingerprint density at radius 1 is 1.75 bits per heavy atom. The molecule has 0 saturated carbocycles. The fourth-order valence-electron chi connectivity index (χ4n) is 0.178. The number of carbonyl (C=O) groups excluding carboxylic acids is 1. The Morgan fingerprint density at radius 2 is 2.38 bits per heavy atom. The van der Waals surface area contributed by atoms with Crippen molar-refractivity contribution in [2.75, 3.05) is 0 Å². The fraction of sp³-hybridized carbons (Fsp3) is 0. The maximum atomic E-state index is 9.69. The summed E-state index contributed by atoms with van der Waals surface area (Å²) in [7, 11) is 0. The highest BCUT2D eigenvalue weighted by Crippen LogP contribution is 2.15. The van der Waals surface area contributed by atoms with E-state index in [1.54, 1.807) is 6.08 Å². The van der Waals surface area contributed by atoms with E-state index in [0.29, 0.717) is 9.98 Å². The maximum absolute atomic E-state index is 9.69. The number of carbonyl (C=O) groups is 1. The Bertz CT molecular complexity index is 120. The lowest BCUT2D eigenvalue weighted by atomic mass is 10.6. The summed E-state index contributed by atoms with van der Waals surface area (Å²) in [5, 5.41) is 0. The summed E-state index contributed by atoms with van der Waals surface area (Å²) in [6.07, 6.45) is 3.08. The molecule has 0 atom stereocenters. The molecule has 0 aliphatic heterocycles. The van der Waals surface area contributed by atoms with Gasteiger partial charge in [0.1, 0.15) is 0 Å². The summed E-state index contributed by atoms with van der Waals surface area (Å²) in [6, 6.07) is 0. The van der Waals surface area contributed by atoms with Crippen molar-refractivity contribution >= 4 is 29.0 Å². The van der Waals surface area contributed by atoms with Crippen LogP contribution in [0, 0.1) is 0 Å². The zero-order valence-corrected chi connectivity index (χ0v) is 5.71. The molecule has 0 radical (unpaired) electrons. The zero-order valence-electron chi connectivity index (χ0n) is 4.13. The van der Waals surface area contributed by atoms with Crippen LogP contribution in [0.2, 0.25) is 0 Å². The third kappa shape index (κ3) is 3.96. The Morgan fingerprint density at radius 3 is 2.75 bits per heavy atom. The summed E-state index contributed by atoms with van der Waals surface area (Å²) < 4.78 is 0.440. The van der Waals surface area contributed by atoms with Crippen molar-refractivity contribution < 1.29 is 4.79 Å². The van der Waals surface area contributed by atoms with Gasteiger partial charge in [0, 0.05) is 0 Å². The van der Waals surface area contributed by atoms with Crippen molar-refractivity contribution in [2.45, 2.75) is 0 Å². The van der Waals surface area contributed by atoms with Gasteiger partial charge in [0.2, 0.25) is 0 Å². The van der Waals surface area contributed by atoms with E-state index in [9.17, 15) is 4.79 Å². The molecule has 0 unspecified atom stereocenters. The highest BCUT2D eigenvalue weighted by Gasteiger charge is 1.84. The molecule has 1 nitrogen and oxygen atoms in total. The molecule has 0 aromatic rings. The first kappa shape index (κ1) is 7.79. The van der Waals surface area contributed by atoms with E-state index in [2.05, 4.69) is 6.58 Å². The molecule has 0 heterocycles. The Hall–Kier alpha value is -0.210. The second kappa shape index (κ2) is 4.94. The highest BCUT2D eigenvalue weighted by atomic mass is 35.5. The summed E-state index contributed by atoms with van der Waals surface area (Å²) in [5.41, 5.74) is 0.669. The van der Waals surface area contributed by atoms with Gasteiger partial charge in [0.25, 0.3) is 0 Å². The first-order chi connectivity index (χ1) is 3.81. The van der Waals surface area contributed by atoms with Crippen LogP contribution in [0.25, 0.3) is 0 Å². The van der Waals surface area contributed by atoms with E-state index >= 15 is 0 Å². The van der Waals surface area contributed by atoms with Gasteiger partial charge in [-0.3, -0.25) is 4.79 Å². The number of hydrogen-bond acceptors (Lipinski definition) is 2. The third-order valence-electron chi connectivity index (χ3n) is 0.410. The predicted octanol–water partition coefficient (Wildman–Crippen LogP) is 2.18. The molecule has 0 aliphatic carbocycles. The SMILES string of the molecule is C=C/C=C(/Cl)SC=O. The van der Waals surface area contributed by atoms with Gasteiger partial charge in [-0.25, -0.2) is 0 Å². The summed E-state index contributed by atoms with van der Waals surface area (Å²) in [5.74, 6) is 0. The van der Waals surface area contributed by atoms with Crippen LogP contribution in [0.5, 0.6) is 0 Å². The topological polar surface area (TPSA) is 17.1 Å². The lowest BCUT2D eigenvalue weighted by Gasteiger charge is -1.81. The van der Waals surface area contributed by atoms with Crippen LogP contribution < -0.4 is 0 Å². The standard InChI is InChI=1S/C5H5ClOS/c1-2-3-5(6)8-4-7/h2-4H,1H2/b5-3-. The van der Waals surface area contributed by atoms with Crippen LogP contribution in [0.1, 0.15) is 0 Å². The monoisotopic (exact) mass is 148 g/mol. The molecule has 0 aromatic carbocycles. The van der Waals surface area contributed by atoms with Crippen molar-refractivity contribution in [1.82, 2.24) is 0 Å². The Kier molecular flexibility index (Phi) is 4.81. The van der Waals surface area contributed by atoms with E-state index < -0.39 is 0 Å². The smallest absolute Gasteiger partial charge is 0.181 e. The first-order valence-corrected chi connectivity index (χ1v) is 3.15. The minimum atomic E-state index is 0.440. The van der Waals surface area contributed by atoms with Gasteiger partial charge in [-0.1, -0.05) is 24.3 Å². The minimum absolute atomic E-state index is 0.440. The van der Waals surface area contributed by atoms with Crippen LogP contribution in [0.3, 0.4) is 0 Å². The number of allylic oxidation sites excluding steroid dienone is 2. The van der Waals surface area contributed by atoms with Crippen molar-refractivity contribution in [2.24, 2.45) is 0 Å². The molecule has 8 heavy (non-hydrogen) atoms. The molecule has 3 heteroatoms. The maximum Gasteiger partial charge on any atom is 0.181 e. The van der Waals surface area contributed by atoms with E-state index in [1.165, 1.54) is 6.08 Å². The highest BCUT2D eigenvalue weighted by molar-refractivity contribution is 8.16. The Balaban J connectivity index is 3.60. The minimum Gasteiger partial charge on any atom is -0.291 e. The van der Waals surface area contributed by atoms with Gasteiger partial charge >= 0.3 is 0 Å². The Labute approximate surface area is 57.4 Å². The predicted molar refractivity (Wildman–Crippen MR) is 38.5 cm³/mol. The van der Waals surface area contributed by atoms with Crippen molar-refractivity contribution in [3.05, 3.63) is 23.1 Å². The van der Waals surface area contributed by atoms with Gasteiger partial charge in [0.05, 0.1) is 4.36 Å². The summed E-state index contributed by atoms with van der Waals surface area (Å²) in [4.78, 5) is 9.69. The molecule has 0 spiro atoms. The van der Waals surface area contributed by atoms with Crippen LogP contribution >= 0.6 is 23.4 Å². The van der Waals surface area contributed by atoms with E-state index in [0.717, 1.165) is 11.8 Å². The number of hydrogen-bond donors (Lipinski definition) is 0. The molecule has 0 aliphatic rings. The largest absolute Gasteiger partial charge is 0.291 e. The number of thioether (sulfide) groups is 1. The quantitative estimate of drug-likeness (QED) is 0.451. The molecule has 0 aromatic heterocycles. The van der Waals surface area contributed by atoms with E-state index in [4.69, 9.17) is 11.6 Å². The molecule has 0 rings (SSSR count). The van der Waals surface area contributed by atoms with E-state index in [-0.39, 0.29) is 0 Å². The lowest BCUT2D eigenvalue weighted by molar-refractivity contribution is 0.570.